The second-order valence-electron chi connectivity index (χ2n) is 4.70. The highest BCUT2D eigenvalue weighted by atomic mass is 35.5. The van der Waals surface area contributed by atoms with Crippen molar-refractivity contribution in [3.63, 3.8) is 0 Å². The third-order valence-electron chi connectivity index (χ3n) is 3.10. The van der Waals surface area contributed by atoms with Crippen LogP contribution in [0, 0.1) is 0 Å². The number of hydrogen-bond donors (Lipinski definition) is 1. The van der Waals surface area contributed by atoms with Crippen LogP contribution in [0.5, 0.6) is 5.75 Å². The molecule has 4 nitrogen and oxygen atoms in total. The highest BCUT2D eigenvalue weighted by Crippen LogP contribution is 2.15. The Morgan fingerprint density at radius 1 is 1.14 bits per heavy atom. The Hall–Kier alpha value is -1.56. The third-order valence-corrected chi connectivity index (χ3v) is 4.79. The van der Waals surface area contributed by atoms with E-state index in [0.717, 1.165) is 12.2 Å². The van der Waals surface area contributed by atoms with E-state index in [1.54, 1.807) is 12.1 Å². The van der Waals surface area contributed by atoms with E-state index >= 15 is 0 Å². The van der Waals surface area contributed by atoms with E-state index in [1.807, 2.05) is 24.3 Å². The van der Waals surface area contributed by atoms with Crippen molar-refractivity contribution in [2.75, 3.05) is 13.2 Å². The molecule has 0 spiro atoms. The van der Waals surface area contributed by atoms with Crippen LogP contribution in [-0.4, -0.2) is 21.6 Å². The Kier molecular flexibility index (Phi) is 5.83. The Balaban J connectivity index is 1.85. The minimum absolute atomic E-state index is 0.146. The molecular formula is C16H18ClNO3S. The van der Waals surface area contributed by atoms with Gasteiger partial charge in [-0.15, -0.1) is 0 Å². The van der Waals surface area contributed by atoms with Crippen LogP contribution in [-0.2, 0) is 16.4 Å². The van der Waals surface area contributed by atoms with Gasteiger partial charge >= 0.3 is 0 Å². The number of benzene rings is 2. The van der Waals surface area contributed by atoms with E-state index < -0.39 is 10.0 Å². The zero-order chi connectivity index (χ0) is 16.0. The molecule has 0 atom stereocenters. The van der Waals surface area contributed by atoms with Crippen LogP contribution in [0.25, 0.3) is 0 Å². The van der Waals surface area contributed by atoms with Crippen LogP contribution < -0.4 is 9.46 Å². The highest BCUT2D eigenvalue weighted by Gasteiger charge is 2.13. The fourth-order valence-electron chi connectivity index (χ4n) is 1.88. The fourth-order valence-corrected chi connectivity index (χ4v) is 3.20. The number of halogens is 1. The van der Waals surface area contributed by atoms with Crippen molar-refractivity contribution in [1.82, 2.24) is 4.72 Å². The zero-order valence-electron chi connectivity index (χ0n) is 12.3. The van der Waals surface area contributed by atoms with Crippen LogP contribution in [0.4, 0.5) is 0 Å². The summed E-state index contributed by atoms with van der Waals surface area (Å²) in [6, 6.07) is 13.9. The molecule has 2 rings (SSSR count). The van der Waals surface area contributed by atoms with Gasteiger partial charge < -0.3 is 4.74 Å². The van der Waals surface area contributed by atoms with E-state index in [2.05, 4.69) is 11.6 Å². The first kappa shape index (κ1) is 16.8. The van der Waals surface area contributed by atoms with Gasteiger partial charge in [-0.05, 0) is 42.3 Å². The SMILES string of the molecule is CCc1ccc(OCCNS(=O)(=O)c2cccc(Cl)c2)cc1. The van der Waals surface area contributed by atoms with Crippen molar-refractivity contribution in [3.05, 3.63) is 59.1 Å². The summed E-state index contributed by atoms with van der Waals surface area (Å²) in [6.07, 6.45) is 0.972. The molecule has 0 saturated heterocycles. The summed E-state index contributed by atoms with van der Waals surface area (Å²) in [6.45, 7) is 2.52. The molecule has 0 aliphatic rings. The molecule has 2 aromatic carbocycles. The Morgan fingerprint density at radius 3 is 2.50 bits per heavy atom. The monoisotopic (exact) mass is 339 g/mol. The first-order chi connectivity index (χ1) is 10.5. The second-order valence-corrected chi connectivity index (χ2v) is 6.90. The lowest BCUT2D eigenvalue weighted by Crippen LogP contribution is -2.28. The van der Waals surface area contributed by atoms with Crippen molar-refractivity contribution in [2.24, 2.45) is 0 Å². The van der Waals surface area contributed by atoms with Gasteiger partial charge in [-0.3, -0.25) is 0 Å². The van der Waals surface area contributed by atoms with Crippen LogP contribution >= 0.6 is 11.6 Å². The summed E-state index contributed by atoms with van der Waals surface area (Å²) >= 11 is 5.80. The second kappa shape index (κ2) is 7.63. The van der Waals surface area contributed by atoms with Gasteiger partial charge in [0.05, 0.1) is 4.90 Å². The van der Waals surface area contributed by atoms with Crippen LogP contribution in [0.15, 0.2) is 53.4 Å². The fraction of sp³-hybridized carbons (Fsp3) is 0.250. The van der Waals surface area contributed by atoms with Crippen molar-refractivity contribution in [1.29, 1.82) is 0 Å². The van der Waals surface area contributed by atoms with Crippen molar-refractivity contribution < 1.29 is 13.2 Å². The molecule has 0 aliphatic carbocycles. The maximum Gasteiger partial charge on any atom is 0.240 e. The first-order valence-corrected chi connectivity index (χ1v) is 8.84. The lowest BCUT2D eigenvalue weighted by molar-refractivity contribution is 0.323. The molecule has 0 aliphatic heterocycles. The van der Waals surface area contributed by atoms with Gasteiger partial charge in [-0.25, -0.2) is 13.1 Å². The summed E-state index contributed by atoms with van der Waals surface area (Å²) in [7, 11) is -3.56. The van der Waals surface area contributed by atoms with Gasteiger partial charge in [-0.1, -0.05) is 36.7 Å². The van der Waals surface area contributed by atoms with E-state index in [9.17, 15) is 8.42 Å². The standard InChI is InChI=1S/C16H18ClNO3S/c1-2-13-6-8-15(9-7-13)21-11-10-18-22(19,20)16-5-3-4-14(17)12-16/h3-9,12,18H,2,10-11H2,1H3. The molecule has 0 fully saturated rings. The minimum Gasteiger partial charge on any atom is -0.492 e. The van der Waals surface area contributed by atoms with E-state index in [0.29, 0.717) is 5.02 Å². The number of sulfonamides is 1. The van der Waals surface area contributed by atoms with Crippen molar-refractivity contribution >= 4 is 21.6 Å². The molecule has 22 heavy (non-hydrogen) atoms. The van der Waals surface area contributed by atoms with Crippen LogP contribution in [0.1, 0.15) is 12.5 Å². The molecule has 0 unspecified atom stereocenters. The molecule has 1 N–H and O–H groups in total. The number of ether oxygens (including phenoxy) is 1. The van der Waals surface area contributed by atoms with Gasteiger partial charge in [0.2, 0.25) is 10.0 Å². The molecule has 2 aromatic rings. The summed E-state index contributed by atoms with van der Waals surface area (Å²) < 4.78 is 32.1. The van der Waals surface area contributed by atoms with Gasteiger partial charge in [0.15, 0.2) is 0 Å². The average molecular weight is 340 g/mol. The quantitative estimate of drug-likeness (QED) is 0.788. The molecule has 0 amide bonds. The van der Waals surface area contributed by atoms with Crippen molar-refractivity contribution in [3.8, 4) is 5.75 Å². The molecule has 0 heterocycles. The Bertz CT molecular complexity index is 714. The van der Waals surface area contributed by atoms with E-state index in [-0.39, 0.29) is 18.0 Å². The van der Waals surface area contributed by atoms with E-state index in [1.165, 1.54) is 17.7 Å². The lowest BCUT2D eigenvalue weighted by Gasteiger charge is -2.09. The molecule has 0 saturated carbocycles. The first-order valence-electron chi connectivity index (χ1n) is 6.98. The normalized spacial score (nSPS) is 11.4. The number of hydrogen-bond acceptors (Lipinski definition) is 3. The molecule has 0 radical (unpaired) electrons. The van der Waals surface area contributed by atoms with Crippen LogP contribution in [0.2, 0.25) is 5.02 Å². The van der Waals surface area contributed by atoms with Crippen molar-refractivity contribution in [2.45, 2.75) is 18.2 Å². The van der Waals surface area contributed by atoms with Crippen LogP contribution in [0.3, 0.4) is 0 Å². The number of rotatable bonds is 7. The summed E-state index contributed by atoms with van der Waals surface area (Å²) in [5.41, 5.74) is 1.23. The topological polar surface area (TPSA) is 55.4 Å². The summed E-state index contributed by atoms with van der Waals surface area (Å²) in [4.78, 5) is 0.146. The average Bonchev–Trinajstić information content (AvgIpc) is 2.52. The molecule has 0 bridgehead atoms. The Labute approximate surface area is 136 Å². The molecule has 118 valence electrons. The lowest BCUT2D eigenvalue weighted by atomic mass is 10.2. The zero-order valence-corrected chi connectivity index (χ0v) is 13.8. The molecule has 0 aromatic heterocycles. The van der Waals surface area contributed by atoms with E-state index in [4.69, 9.17) is 16.3 Å². The molecule has 6 heteroatoms. The van der Waals surface area contributed by atoms with Gasteiger partial charge in [-0.2, -0.15) is 0 Å². The van der Waals surface area contributed by atoms with Gasteiger partial charge in [0.1, 0.15) is 12.4 Å². The molecular weight excluding hydrogens is 322 g/mol. The summed E-state index contributed by atoms with van der Waals surface area (Å²) in [5.74, 6) is 0.721. The predicted molar refractivity (Wildman–Crippen MR) is 88.0 cm³/mol. The smallest absolute Gasteiger partial charge is 0.240 e. The maximum absolute atomic E-state index is 12.1. The van der Waals surface area contributed by atoms with Gasteiger partial charge in [0, 0.05) is 11.6 Å². The maximum atomic E-state index is 12.1. The third kappa shape index (κ3) is 4.73. The largest absolute Gasteiger partial charge is 0.492 e. The number of aryl methyl sites for hydroxylation is 1. The minimum atomic E-state index is -3.56. The highest BCUT2D eigenvalue weighted by molar-refractivity contribution is 7.89. The Morgan fingerprint density at radius 2 is 1.86 bits per heavy atom. The number of nitrogens with one attached hydrogen (secondary N) is 1. The summed E-state index contributed by atoms with van der Waals surface area (Å²) in [5, 5.41) is 0.384. The van der Waals surface area contributed by atoms with Gasteiger partial charge in [0.25, 0.3) is 0 Å². The predicted octanol–water partition coefficient (Wildman–Crippen LogP) is 3.26.